The van der Waals surface area contributed by atoms with Gasteiger partial charge in [0.15, 0.2) is 0 Å². The van der Waals surface area contributed by atoms with Crippen molar-refractivity contribution in [3.8, 4) is 0 Å². The van der Waals surface area contributed by atoms with Crippen molar-refractivity contribution >= 4 is 27.5 Å². The molecule has 0 heterocycles. The second-order valence-corrected chi connectivity index (χ2v) is 12.6. The van der Waals surface area contributed by atoms with Gasteiger partial charge in [-0.3, -0.25) is 9.59 Å². The van der Waals surface area contributed by atoms with Crippen LogP contribution in [0.4, 0.5) is 5.69 Å². The minimum atomic E-state index is -3.70. The number of benzene rings is 2. The molecule has 3 N–H and O–H groups in total. The number of amides is 2. The van der Waals surface area contributed by atoms with Crippen molar-refractivity contribution in [1.82, 2.24) is 10.0 Å². The molecule has 2 aromatic carbocycles. The molecular weight excluding hydrogens is 534 g/mol. The molecule has 0 aliphatic rings. The van der Waals surface area contributed by atoms with E-state index in [9.17, 15) is 18.0 Å². The van der Waals surface area contributed by atoms with Crippen LogP contribution in [0.5, 0.6) is 0 Å². The standard InChI is InChI=1S/C33H51N3O4S/c1-2-3-4-5-6-7-8-9-10-11-12-13-17-23-32(37)34-26-25-33(38)36-30-21-18-22-31(28-30)41(39,40)35-27-24-29-19-15-14-16-20-29/h14-16,18-22,28,35H,2-13,17,23-27H2,1H3,(H,34,37)(H,36,38). The lowest BCUT2D eigenvalue weighted by molar-refractivity contribution is -0.121. The lowest BCUT2D eigenvalue weighted by Gasteiger charge is -2.10. The third kappa shape index (κ3) is 16.4. The van der Waals surface area contributed by atoms with Gasteiger partial charge in [-0.1, -0.05) is 120 Å². The fourth-order valence-electron chi connectivity index (χ4n) is 4.73. The van der Waals surface area contributed by atoms with Crippen LogP contribution < -0.4 is 15.4 Å². The molecule has 0 unspecified atom stereocenters. The van der Waals surface area contributed by atoms with Gasteiger partial charge >= 0.3 is 0 Å². The van der Waals surface area contributed by atoms with Crippen LogP contribution in [-0.4, -0.2) is 33.3 Å². The average Bonchev–Trinajstić information content (AvgIpc) is 2.96. The summed E-state index contributed by atoms with van der Waals surface area (Å²) < 4.78 is 28.0. The Morgan fingerprint density at radius 1 is 0.659 bits per heavy atom. The summed E-state index contributed by atoms with van der Waals surface area (Å²) in [4.78, 5) is 24.5. The van der Waals surface area contributed by atoms with Crippen molar-refractivity contribution in [3.63, 3.8) is 0 Å². The fraction of sp³-hybridized carbons (Fsp3) is 0.576. The van der Waals surface area contributed by atoms with Crippen molar-refractivity contribution < 1.29 is 18.0 Å². The highest BCUT2D eigenvalue weighted by Gasteiger charge is 2.14. The van der Waals surface area contributed by atoms with Gasteiger partial charge in [0.1, 0.15) is 0 Å². The van der Waals surface area contributed by atoms with Gasteiger partial charge in [-0.25, -0.2) is 13.1 Å². The van der Waals surface area contributed by atoms with Crippen LogP contribution >= 0.6 is 0 Å². The molecule has 0 spiro atoms. The summed E-state index contributed by atoms with van der Waals surface area (Å²) in [6.45, 7) is 2.78. The molecule has 2 amide bonds. The normalized spacial score (nSPS) is 11.3. The van der Waals surface area contributed by atoms with Crippen LogP contribution in [0, 0.1) is 0 Å². The SMILES string of the molecule is CCCCCCCCCCCCCCCC(=O)NCCC(=O)Nc1cccc(S(=O)(=O)NCCc2ccccc2)c1. The average molecular weight is 586 g/mol. The lowest BCUT2D eigenvalue weighted by atomic mass is 10.0. The minimum absolute atomic E-state index is 0.0319. The van der Waals surface area contributed by atoms with Gasteiger partial charge in [0.2, 0.25) is 21.8 Å². The van der Waals surface area contributed by atoms with E-state index in [0.717, 1.165) is 18.4 Å². The first-order valence-electron chi connectivity index (χ1n) is 15.6. The molecule has 0 aliphatic heterocycles. The van der Waals surface area contributed by atoms with Gasteiger partial charge in [-0.2, -0.15) is 0 Å². The molecule has 228 valence electrons. The summed E-state index contributed by atoms with van der Waals surface area (Å²) in [6.07, 6.45) is 17.7. The first-order chi connectivity index (χ1) is 19.9. The largest absolute Gasteiger partial charge is 0.356 e. The third-order valence-corrected chi connectivity index (χ3v) is 8.62. The molecule has 0 atom stereocenters. The van der Waals surface area contributed by atoms with E-state index in [4.69, 9.17) is 0 Å². The molecule has 0 fully saturated rings. The molecular formula is C33H51N3O4S. The van der Waals surface area contributed by atoms with E-state index in [2.05, 4.69) is 22.3 Å². The lowest BCUT2D eigenvalue weighted by Crippen LogP contribution is -2.27. The zero-order valence-corrected chi connectivity index (χ0v) is 25.8. The van der Waals surface area contributed by atoms with Crippen LogP contribution in [-0.2, 0) is 26.0 Å². The van der Waals surface area contributed by atoms with Crippen LogP contribution in [0.15, 0.2) is 59.5 Å². The Kier molecular flexibility index (Phi) is 17.7. The third-order valence-electron chi connectivity index (χ3n) is 7.16. The monoisotopic (exact) mass is 585 g/mol. The Hall–Kier alpha value is -2.71. The first-order valence-corrected chi connectivity index (χ1v) is 17.1. The van der Waals surface area contributed by atoms with Crippen molar-refractivity contribution in [2.45, 2.75) is 115 Å². The summed E-state index contributed by atoms with van der Waals surface area (Å²) >= 11 is 0. The molecule has 0 aliphatic carbocycles. The van der Waals surface area contributed by atoms with Crippen LogP contribution in [0.1, 0.15) is 109 Å². The zero-order valence-electron chi connectivity index (χ0n) is 25.0. The number of sulfonamides is 1. The molecule has 7 nitrogen and oxygen atoms in total. The number of unbranched alkanes of at least 4 members (excludes halogenated alkanes) is 12. The van der Waals surface area contributed by atoms with Crippen molar-refractivity contribution in [2.75, 3.05) is 18.4 Å². The maximum atomic E-state index is 12.7. The van der Waals surface area contributed by atoms with Gasteiger partial charge in [0, 0.05) is 31.6 Å². The van der Waals surface area contributed by atoms with Gasteiger partial charge < -0.3 is 10.6 Å². The highest BCUT2D eigenvalue weighted by molar-refractivity contribution is 7.89. The van der Waals surface area contributed by atoms with Gasteiger partial charge in [0.05, 0.1) is 4.90 Å². The number of hydrogen-bond acceptors (Lipinski definition) is 4. The predicted molar refractivity (Wildman–Crippen MR) is 168 cm³/mol. The molecule has 41 heavy (non-hydrogen) atoms. The number of anilines is 1. The summed E-state index contributed by atoms with van der Waals surface area (Å²) in [5.41, 5.74) is 1.45. The number of nitrogens with one attached hydrogen (secondary N) is 3. The number of carbonyl (C=O) groups is 2. The van der Waals surface area contributed by atoms with Crippen molar-refractivity contribution in [1.29, 1.82) is 0 Å². The predicted octanol–water partition coefficient (Wildman–Crippen LogP) is 7.13. The van der Waals surface area contributed by atoms with Crippen molar-refractivity contribution in [2.24, 2.45) is 0 Å². The molecule has 0 radical (unpaired) electrons. The summed E-state index contributed by atoms with van der Waals surface area (Å²) in [5.74, 6) is -0.312. The van der Waals surface area contributed by atoms with Crippen molar-refractivity contribution in [3.05, 3.63) is 60.2 Å². The van der Waals surface area contributed by atoms with Crippen LogP contribution in [0.3, 0.4) is 0 Å². The second kappa shape index (κ2) is 21.1. The maximum absolute atomic E-state index is 12.7. The summed E-state index contributed by atoms with van der Waals surface area (Å²) in [5, 5.41) is 5.53. The molecule has 0 bridgehead atoms. The van der Waals surface area contributed by atoms with E-state index in [1.54, 1.807) is 12.1 Å². The molecule has 2 aromatic rings. The Morgan fingerprint density at radius 3 is 1.90 bits per heavy atom. The Labute approximate surface area is 248 Å². The van der Waals surface area contributed by atoms with E-state index in [0.29, 0.717) is 18.5 Å². The minimum Gasteiger partial charge on any atom is -0.356 e. The summed E-state index contributed by atoms with van der Waals surface area (Å²) in [7, 11) is -3.70. The molecule has 2 rings (SSSR count). The highest BCUT2D eigenvalue weighted by atomic mass is 32.2. The van der Waals surface area contributed by atoms with Gasteiger partial charge in [-0.15, -0.1) is 0 Å². The molecule has 8 heteroatoms. The quantitative estimate of drug-likeness (QED) is 0.121. The highest BCUT2D eigenvalue weighted by Crippen LogP contribution is 2.16. The van der Waals surface area contributed by atoms with E-state index >= 15 is 0 Å². The summed E-state index contributed by atoms with van der Waals surface area (Å²) in [6, 6.07) is 15.8. The number of carbonyl (C=O) groups excluding carboxylic acids is 2. The Morgan fingerprint density at radius 2 is 1.27 bits per heavy atom. The van der Waals surface area contributed by atoms with Gasteiger partial charge in [0.25, 0.3) is 0 Å². The number of hydrogen-bond donors (Lipinski definition) is 3. The maximum Gasteiger partial charge on any atom is 0.240 e. The van der Waals surface area contributed by atoms with E-state index in [1.807, 2.05) is 30.3 Å². The second-order valence-electron chi connectivity index (χ2n) is 10.8. The van der Waals surface area contributed by atoms with E-state index in [-0.39, 0.29) is 36.2 Å². The Balaban J connectivity index is 1.53. The molecule has 0 saturated carbocycles. The molecule has 0 saturated heterocycles. The first kappa shape index (κ1) is 34.5. The zero-order chi connectivity index (χ0) is 29.6. The van der Waals surface area contributed by atoms with Gasteiger partial charge in [-0.05, 0) is 36.6 Å². The topological polar surface area (TPSA) is 104 Å². The van der Waals surface area contributed by atoms with E-state index in [1.165, 1.54) is 82.8 Å². The smallest absolute Gasteiger partial charge is 0.240 e. The van der Waals surface area contributed by atoms with Crippen LogP contribution in [0.25, 0.3) is 0 Å². The van der Waals surface area contributed by atoms with Crippen LogP contribution in [0.2, 0.25) is 0 Å². The number of rotatable bonds is 23. The van der Waals surface area contributed by atoms with E-state index < -0.39 is 10.0 Å². The Bertz CT molecular complexity index is 1110. The fourth-order valence-corrected chi connectivity index (χ4v) is 5.81. The molecule has 0 aromatic heterocycles.